The van der Waals surface area contributed by atoms with Crippen molar-refractivity contribution >= 4 is 5.91 Å². The molecule has 0 bridgehead atoms. The molecular weight excluding hydrogens is 188 g/mol. The Morgan fingerprint density at radius 3 is 2.33 bits per heavy atom. The Bertz CT molecular complexity index is 327. The van der Waals surface area contributed by atoms with E-state index in [9.17, 15) is 4.79 Å². The molecule has 1 N–H and O–H groups in total. The molecule has 1 aromatic rings. The van der Waals surface area contributed by atoms with E-state index < -0.39 is 0 Å². The molecule has 0 aliphatic carbocycles. The van der Waals surface area contributed by atoms with Crippen molar-refractivity contribution in [2.24, 2.45) is 5.41 Å². The van der Waals surface area contributed by atoms with Crippen molar-refractivity contribution in [3.05, 3.63) is 30.1 Å². The van der Waals surface area contributed by atoms with Gasteiger partial charge in [0.2, 0.25) is 0 Å². The highest BCUT2D eigenvalue weighted by Gasteiger charge is 2.21. The van der Waals surface area contributed by atoms with Crippen LogP contribution in [0.4, 0.5) is 0 Å². The maximum atomic E-state index is 11.8. The van der Waals surface area contributed by atoms with E-state index in [2.05, 4.69) is 31.1 Å². The van der Waals surface area contributed by atoms with Crippen molar-refractivity contribution in [2.75, 3.05) is 0 Å². The van der Waals surface area contributed by atoms with Crippen molar-refractivity contribution in [1.29, 1.82) is 0 Å². The first-order valence-electron chi connectivity index (χ1n) is 5.12. The predicted molar refractivity (Wildman–Crippen MR) is 60.6 cm³/mol. The van der Waals surface area contributed by atoms with E-state index in [0.717, 1.165) is 0 Å². The van der Waals surface area contributed by atoms with Gasteiger partial charge in [-0.2, -0.15) is 0 Å². The summed E-state index contributed by atoms with van der Waals surface area (Å²) in [5.41, 5.74) is 0.726. The number of nitrogens with zero attached hydrogens (tertiary/aromatic N) is 1. The molecule has 1 rings (SSSR count). The monoisotopic (exact) mass is 206 g/mol. The maximum absolute atomic E-state index is 11.8. The minimum atomic E-state index is -0.0418. The van der Waals surface area contributed by atoms with Gasteiger partial charge in [-0.15, -0.1) is 0 Å². The summed E-state index contributed by atoms with van der Waals surface area (Å²) in [6.45, 7) is 8.32. The van der Waals surface area contributed by atoms with Crippen LogP contribution < -0.4 is 5.32 Å². The lowest BCUT2D eigenvalue weighted by Crippen LogP contribution is -2.41. The van der Waals surface area contributed by atoms with Crippen molar-refractivity contribution in [3.8, 4) is 0 Å². The average Bonchev–Trinajstić information content (AvgIpc) is 2.17. The Morgan fingerprint density at radius 1 is 1.33 bits per heavy atom. The number of rotatable bonds is 2. The summed E-state index contributed by atoms with van der Waals surface area (Å²) in [6, 6.07) is 3.56. The summed E-state index contributed by atoms with van der Waals surface area (Å²) in [5.74, 6) is -0.0418. The van der Waals surface area contributed by atoms with Crippen molar-refractivity contribution < 1.29 is 4.79 Å². The van der Waals surface area contributed by atoms with Crippen LogP contribution in [0.25, 0.3) is 0 Å². The lowest BCUT2D eigenvalue weighted by atomic mass is 9.88. The normalized spacial score (nSPS) is 13.3. The van der Waals surface area contributed by atoms with Gasteiger partial charge in [-0.1, -0.05) is 20.8 Å². The van der Waals surface area contributed by atoms with Crippen LogP contribution in [0.15, 0.2) is 24.5 Å². The molecule has 3 heteroatoms. The van der Waals surface area contributed by atoms with Gasteiger partial charge in [0.1, 0.15) is 0 Å². The van der Waals surface area contributed by atoms with Crippen molar-refractivity contribution in [1.82, 2.24) is 10.3 Å². The van der Waals surface area contributed by atoms with Crippen molar-refractivity contribution in [3.63, 3.8) is 0 Å². The molecule has 1 heterocycles. The molecule has 0 saturated heterocycles. The smallest absolute Gasteiger partial charge is 0.251 e. The third kappa shape index (κ3) is 3.35. The van der Waals surface area contributed by atoms with Gasteiger partial charge >= 0.3 is 0 Å². The SMILES string of the molecule is C[C@@H](NC(=O)c1ccncc1)C(C)(C)C. The van der Waals surface area contributed by atoms with Gasteiger partial charge in [0.15, 0.2) is 0 Å². The van der Waals surface area contributed by atoms with Gasteiger partial charge in [0.05, 0.1) is 0 Å². The molecule has 1 amide bonds. The number of carbonyl (C=O) groups is 1. The van der Waals surface area contributed by atoms with Gasteiger partial charge < -0.3 is 5.32 Å². The molecule has 82 valence electrons. The largest absolute Gasteiger partial charge is 0.349 e. The first kappa shape index (κ1) is 11.7. The highest BCUT2D eigenvalue weighted by atomic mass is 16.1. The second-order valence-corrected chi connectivity index (χ2v) is 4.80. The molecule has 1 atom stereocenters. The fourth-order valence-electron chi connectivity index (χ4n) is 1.000. The fourth-order valence-corrected chi connectivity index (χ4v) is 1.000. The van der Waals surface area contributed by atoms with Crippen LogP contribution in [0.5, 0.6) is 0 Å². The van der Waals surface area contributed by atoms with Crippen LogP contribution in [0.3, 0.4) is 0 Å². The standard InChI is InChI=1S/C12H18N2O/c1-9(12(2,3)4)14-11(15)10-5-7-13-8-6-10/h5-9H,1-4H3,(H,14,15)/t9-/m1/s1. The predicted octanol–water partition coefficient (Wildman–Crippen LogP) is 2.25. The molecule has 0 spiro atoms. The molecular formula is C12H18N2O. The van der Waals surface area contributed by atoms with E-state index in [-0.39, 0.29) is 17.4 Å². The number of nitrogens with one attached hydrogen (secondary N) is 1. The summed E-state index contributed by atoms with van der Waals surface area (Å²) < 4.78 is 0. The van der Waals surface area contributed by atoms with E-state index in [1.54, 1.807) is 24.5 Å². The lowest BCUT2D eigenvalue weighted by molar-refractivity contribution is 0.0910. The second kappa shape index (κ2) is 4.43. The molecule has 0 radical (unpaired) electrons. The van der Waals surface area contributed by atoms with Gasteiger partial charge in [0, 0.05) is 24.0 Å². The van der Waals surface area contributed by atoms with E-state index in [1.165, 1.54) is 0 Å². The van der Waals surface area contributed by atoms with E-state index in [4.69, 9.17) is 0 Å². The van der Waals surface area contributed by atoms with E-state index in [0.29, 0.717) is 5.56 Å². The Morgan fingerprint density at radius 2 is 1.87 bits per heavy atom. The van der Waals surface area contributed by atoms with Crippen LogP contribution in [0, 0.1) is 5.41 Å². The molecule has 0 unspecified atom stereocenters. The fraction of sp³-hybridized carbons (Fsp3) is 0.500. The highest BCUT2D eigenvalue weighted by Crippen LogP contribution is 2.18. The van der Waals surface area contributed by atoms with Crippen molar-refractivity contribution in [2.45, 2.75) is 33.7 Å². The Hall–Kier alpha value is -1.38. The molecule has 0 aromatic carbocycles. The van der Waals surface area contributed by atoms with Crippen LogP contribution >= 0.6 is 0 Å². The van der Waals surface area contributed by atoms with Crippen LogP contribution in [-0.4, -0.2) is 16.9 Å². The summed E-state index contributed by atoms with van der Waals surface area (Å²) in [6.07, 6.45) is 3.24. The topological polar surface area (TPSA) is 42.0 Å². The van der Waals surface area contributed by atoms with Crippen LogP contribution in [-0.2, 0) is 0 Å². The average molecular weight is 206 g/mol. The zero-order valence-electron chi connectivity index (χ0n) is 9.74. The number of pyridine rings is 1. The Balaban J connectivity index is 2.65. The van der Waals surface area contributed by atoms with E-state index >= 15 is 0 Å². The third-order valence-electron chi connectivity index (χ3n) is 2.59. The van der Waals surface area contributed by atoms with Gasteiger partial charge in [-0.05, 0) is 24.5 Å². The summed E-state index contributed by atoms with van der Waals surface area (Å²) in [4.78, 5) is 15.6. The Kier molecular flexibility index (Phi) is 3.45. The van der Waals surface area contributed by atoms with Crippen LogP contribution in [0.1, 0.15) is 38.1 Å². The molecule has 1 aromatic heterocycles. The third-order valence-corrected chi connectivity index (χ3v) is 2.59. The number of amides is 1. The number of carbonyl (C=O) groups excluding carboxylic acids is 1. The second-order valence-electron chi connectivity index (χ2n) is 4.80. The number of hydrogen-bond acceptors (Lipinski definition) is 2. The highest BCUT2D eigenvalue weighted by molar-refractivity contribution is 5.94. The minimum absolute atomic E-state index is 0.0418. The summed E-state index contributed by atoms with van der Waals surface area (Å²) in [5, 5.41) is 2.97. The molecule has 0 saturated carbocycles. The Labute approximate surface area is 90.9 Å². The zero-order valence-corrected chi connectivity index (χ0v) is 9.74. The summed E-state index contributed by atoms with van der Waals surface area (Å²) >= 11 is 0. The van der Waals surface area contributed by atoms with Gasteiger partial charge in [-0.3, -0.25) is 9.78 Å². The zero-order chi connectivity index (χ0) is 11.5. The molecule has 15 heavy (non-hydrogen) atoms. The maximum Gasteiger partial charge on any atom is 0.251 e. The first-order chi connectivity index (χ1) is 6.91. The minimum Gasteiger partial charge on any atom is -0.349 e. The van der Waals surface area contributed by atoms with E-state index in [1.807, 2.05) is 6.92 Å². The number of aromatic nitrogens is 1. The quantitative estimate of drug-likeness (QED) is 0.806. The molecule has 0 aliphatic heterocycles. The molecule has 0 aliphatic rings. The molecule has 3 nitrogen and oxygen atoms in total. The van der Waals surface area contributed by atoms with Crippen LogP contribution in [0.2, 0.25) is 0 Å². The molecule has 0 fully saturated rings. The van der Waals surface area contributed by atoms with Gasteiger partial charge in [-0.25, -0.2) is 0 Å². The lowest BCUT2D eigenvalue weighted by Gasteiger charge is -2.28. The van der Waals surface area contributed by atoms with Gasteiger partial charge in [0.25, 0.3) is 5.91 Å². The number of hydrogen-bond donors (Lipinski definition) is 1. The first-order valence-corrected chi connectivity index (χ1v) is 5.12. The summed E-state index contributed by atoms with van der Waals surface area (Å²) in [7, 11) is 0.